The fourth-order valence-electron chi connectivity index (χ4n) is 1.37. The molecule has 0 bridgehead atoms. The smallest absolute Gasteiger partial charge is 0.224 e. The van der Waals surface area contributed by atoms with E-state index in [0.29, 0.717) is 0 Å². The molecule has 0 aliphatic carbocycles. The van der Waals surface area contributed by atoms with Gasteiger partial charge in [-0.2, -0.15) is 0 Å². The van der Waals surface area contributed by atoms with Gasteiger partial charge in [-0.1, -0.05) is 6.92 Å². The van der Waals surface area contributed by atoms with Crippen molar-refractivity contribution >= 4 is 39.8 Å². The summed E-state index contributed by atoms with van der Waals surface area (Å²) in [5.74, 6) is 0.161. The Morgan fingerprint density at radius 1 is 1.56 bits per heavy atom. The number of hydrogen-bond acceptors (Lipinski definition) is 3. The standard InChI is InChI=1S/C11H17IN2OS/c1-8(7-13-2)11(15)14-6-5-9-3-4-10(12)16-9/h3-4,8,13H,5-7H2,1-2H3,(H,14,15). The van der Waals surface area contributed by atoms with Crippen LogP contribution in [0.25, 0.3) is 0 Å². The zero-order chi connectivity index (χ0) is 12.0. The fourth-order valence-corrected chi connectivity index (χ4v) is 3.12. The molecule has 90 valence electrons. The van der Waals surface area contributed by atoms with Gasteiger partial charge in [-0.3, -0.25) is 4.79 Å². The normalized spacial score (nSPS) is 12.4. The molecule has 2 N–H and O–H groups in total. The van der Waals surface area contributed by atoms with Gasteiger partial charge < -0.3 is 10.6 Å². The van der Waals surface area contributed by atoms with Crippen LogP contribution in [-0.4, -0.2) is 26.0 Å². The van der Waals surface area contributed by atoms with Crippen LogP contribution in [-0.2, 0) is 11.2 Å². The second kappa shape index (κ2) is 7.24. The highest BCUT2D eigenvalue weighted by Gasteiger charge is 2.10. The molecular formula is C11H17IN2OS. The van der Waals surface area contributed by atoms with Crippen LogP contribution in [0.3, 0.4) is 0 Å². The van der Waals surface area contributed by atoms with Crippen molar-refractivity contribution in [1.82, 2.24) is 10.6 Å². The summed E-state index contributed by atoms with van der Waals surface area (Å²) >= 11 is 4.09. The van der Waals surface area contributed by atoms with Crippen LogP contribution < -0.4 is 10.6 Å². The number of carbonyl (C=O) groups is 1. The molecule has 0 aromatic carbocycles. The third-order valence-electron chi connectivity index (χ3n) is 2.26. The molecule has 1 heterocycles. The first-order chi connectivity index (χ1) is 7.63. The molecule has 1 atom stereocenters. The van der Waals surface area contributed by atoms with E-state index in [2.05, 4.69) is 45.4 Å². The summed E-state index contributed by atoms with van der Waals surface area (Å²) in [6.07, 6.45) is 0.922. The average Bonchev–Trinajstić information content (AvgIpc) is 2.64. The van der Waals surface area contributed by atoms with E-state index in [1.807, 2.05) is 14.0 Å². The van der Waals surface area contributed by atoms with E-state index >= 15 is 0 Å². The highest BCUT2D eigenvalue weighted by molar-refractivity contribution is 14.1. The molecule has 0 radical (unpaired) electrons. The molecule has 1 aromatic heterocycles. The van der Waals surface area contributed by atoms with Crippen molar-refractivity contribution < 1.29 is 4.79 Å². The molecule has 16 heavy (non-hydrogen) atoms. The predicted molar refractivity (Wildman–Crippen MR) is 76.8 cm³/mol. The molecule has 0 fully saturated rings. The van der Waals surface area contributed by atoms with Gasteiger partial charge >= 0.3 is 0 Å². The number of carbonyl (C=O) groups excluding carboxylic acids is 1. The van der Waals surface area contributed by atoms with E-state index in [-0.39, 0.29) is 11.8 Å². The Balaban J connectivity index is 2.22. The van der Waals surface area contributed by atoms with Crippen molar-refractivity contribution in [3.8, 4) is 0 Å². The summed E-state index contributed by atoms with van der Waals surface area (Å²) < 4.78 is 1.29. The summed E-state index contributed by atoms with van der Waals surface area (Å²) in [6.45, 7) is 3.38. The number of nitrogens with one attached hydrogen (secondary N) is 2. The predicted octanol–water partition coefficient (Wildman–Crippen LogP) is 1.87. The Kier molecular flexibility index (Phi) is 6.30. The molecule has 5 heteroatoms. The molecule has 1 aromatic rings. The largest absolute Gasteiger partial charge is 0.355 e. The minimum Gasteiger partial charge on any atom is -0.355 e. The monoisotopic (exact) mass is 352 g/mol. The van der Waals surface area contributed by atoms with E-state index in [0.717, 1.165) is 19.5 Å². The molecule has 0 aliphatic heterocycles. The van der Waals surface area contributed by atoms with Gasteiger partial charge in [0.2, 0.25) is 5.91 Å². The summed E-state index contributed by atoms with van der Waals surface area (Å²) in [4.78, 5) is 12.9. The summed E-state index contributed by atoms with van der Waals surface area (Å²) in [5.41, 5.74) is 0. The lowest BCUT2D eigenvalue weighted by Gasteiger charge is -2.10. The number of amides is 1. The van der Waals surface area contributed by atoms with Gasteiger partial charge in [0.05, 0.1) is 2.88 Å². The maximum Gasteiger partial charge on any atom is 0.224 e. The number of thiophene rings is 1. The summed E-state index contributed by atoms with van der Waals surface area (Å²) in [6, 6.07) is 4.22. The zero-order valence-corrected chi connectivity index (χ0v) is 12.5. The molecule has 0 saturated carbocycles. The summed E-state index contributed by atoms with van der Waals surface area (Å²) in [5, 5.41) is 5.95. The van der Waals surface area contributed by atoms with Gasteiger partial charge in [-0.15, -0.1) is 11.3 Å². The van der Waals surface area contributed by atoms with Crippen molar-refractivity contribution in [2.45, 2.75) is 13.3 Å². The Labute approximate surface area is 114 Å². The molecule has 1 amide bonds. The maximum absolute atomic E-state index is 11.6. The van der Waals surface area contributed by atoms with Gasteiger partial charge in [0, 0.05) is 23.9 Å². The van der Waals surface area contributed by atoms with E-state index in [4.69, 9.17) is 0 Å². The molecule has 0 spiro atoms. The highest BCUT2D eigenvalue weighted by atomic mass is 127. The average molecular weight is 352 g/mol. The van der Waals surface area contributed by atoms with E-state index in [9.17, 15) is 4.79 Å². The second-order valence-corrected chi connectivity index (χ2v) is 6.77. The fraction of sp³-hybridized carbons (Fsp3) is 0.545. The van der Waals surface area contributed by atoms with E-state index < -0.39 is 0 Å². The number of hydrogen-bond donors (Lipinski definition) is 2. The van der Waals surface area contributed by atoms with Crippen molar-refractivity contribution in [2.24, 2.45) is 5.92 Å². The zero-order valence-electron chi connectivity index (χ0n) is 9.55. The van der Waals surface area contributed by atoms with Gasteiger partial charge in [0.15, 0.2) is 0 Å². The molecule has 0 aliphatic rings. The second-order valence-electron chi connectivity index (χ2n) is 3.71. The molecular weight excluding hydrogens is 335 g/mol. The minimum absolute atomic E-state index is 0.0356. The molecule has 3 nitrogen and oxygen atoms in total. The van der Waals surface area contributed by atoms with Crippen molar-refractivity contribution in [3.05, 3.63) is 19.9 Å². The lowest BCUT2D eigenvalue weighted by molar-refractivity contribution is -0.124. The van der Waals surface area contributed by atoms with E-state index in [1.54, 1.807) is 11.3 Å². The Morgan fingerprint density at radius 2 is 2.31 bits per heavy atom. The molecule has 1 rings (SSSR count). The van der Waals surface area contributed by atoms with E-state index in [1.165, 1.54) is 7.76 Å². The van der Waals surface area contributed by atoms with Crippen LogP contribution in [0.1, 0.15) is 11.8 Å². The first-order valence-corrected chi connectivity index (χ1v) is 7.19. The lowest BCUT2D eigenvalue weighted by Crippen LogP contribution is -2.35. The van der Waals surface area contributed by atoms with Gasteiger partial charge in [0.25, 0.3) is 0 Å². The van der Waals surface area contributed by atoms with Gasteiger partial charge in [-0.05, 0) is 48.2 Å². The van der Waals surface area contributed by atoms with Crippen LogP contribution in [0.4, 0.5) is 0 Å². The Bertz CT molecular complexity index is 340. The van der Waals surface area contributed by atoms with Gasteiger partial charge in [0.1, 0.15) is 0 Å². The highest BCUT2D eigenvalue weighted by Crippen LogP contribution is 2.18. The molecule has 0 saturated heterocycles. The van der Waals surface area contributed by atoms with Crippen LogP contribution in [0.2, 0.25) is 0 Å². The first kappa shape index (κ1) is 13.9. The Hall–Kier alpha value is -0.140. The third-order valence-corrected chi connectivity index (χ3v) is 4.21. The topological polar surface area (TPSA) is 41.1 Å². The maximum atomic E-state index is 11.6. The minimum atomic E-state index is 0.0356. The number of halogens is 1. The third kappa shape index (κ3) is 4.80. The lowest BCUT2D eigenvalue weighted by atomic mass is 10.1. The van der Waals surface area contributed by atoms with Crippen molar-refractivity contribution in [1.29, 1.82) is 0 Å². The van der Waals surface area contributed by atoms with Gasteiger partial charge in [-0.25, -0.2) is 0 Å². The van der Waals surface area contributed by atoms with Crippen LogP contribution in [0, 0.1) is 8.80 Å². The first-order valence-electron chi connectivity index (χ1n) is 5.30. The van der Waals surface area contributed by atoms with Crippen LogP contribution in [0.5, 0.6) is 0 Å². The Morgan fingerprint density at radius 3 is 2.88 bits per heavy atom. The SMILES string of the molecule is CNCC(C)C(=O)NCCc1ccc(I)s1. The van der Waals surface area contributed by atoms with Crippen LogP contribution in [0.15, 0.2) is 12.1 Å². The summed E-state index contributed by atoms with van der Waals surface area (Å²) in [7, 11) is 1.86. The van der Waals surface area contributed by atoms with Crippen molar-refractivity contribution in [3.63, 3.8) is 0 Å². The van der Waals surface area contributed by atoms with Crippen LogP contribution >= 0.6 is 33.9 Å². The quantitative estimate of drug-likeness (QED) is 0.768. The number of rotatable bonds is 6. The van der Waals surface area contributed by atoms with Crippen molar-refractivity contribution in [2.75, 3.05) is 20.1 Å². The molecule has 1 unspecified atom stereocenters.